The molecule has 0 radical (unpaired) electrons. The van der Waals surface area contributed by atoms with E-state index in [0.717, 1.165) is 45.1 Å². The van der Waals surface area contributed by atoms with Crippen molar-refractivity contribution in [3.8, 4) is 21.7 Å². The molecule has 1 fully saturated rings. The maximum Gasteiger partial charge on any atom is 0.269 e. The van der Waals surface area contributed by atoms with Crippen LogP contribution in [0.5, 0.6) is 0 Å². The van der Waals surface area contributed by atoms with Crippen LogP contribution in [0.1, 0.15) is 46.4 Å². The molecular formula is C32H28F2N8O3S. The summed E-state index contributed by atoms with van der Waals surface area (Å²) in [5.74, 6) is -2.05. The van der Waals surface area contributed by atoms with Gasteiger partial charge in [-0.3, -0.25) is 19.1 Å². The van der Waals surface area contributed by atoms with Gasteiger partial charge in [-0.2, -0.15) is 15.3 Å². The van der Waals surface area contributed by atoms with Crippen LogP contribution in [0.3, 0.4) is 0 Å². The zero-order valence-corrected chi connectivity index (χ0v) is 25.2. The topological polar surface area (TPSA) is 149 Å². The highest BCUT2D eigenvalue weighted by atomic mass is 32.1. The molecule has 7 rings (SSSR count). The summed E-state index contributed by atoms with van der Waals surface area (Å²) in [4.78, 5) is 46.4. The Balaban J connectivity index is 1.10. The van der Waals surface area contributed by atoms with Gasteiger partial charge in [0, 0.05) is 22.9 Å². The third-order valence-corrected chi connectivity index (χ3v) is 9.68. The molecule has 3 N–H and O–H groups in total. The minimum Gasteiger partial charge on any atom is -0.364 e. The molecule has 5 aromatic rings. The Labute approximate surface area is 265 Å². The molecule has 2 aliphatic rings. The number of nitrogens with zero attached hydrogens (tertiary/aromatic N) is 6. The Kier molecular flexibility index (Phi) is 7.72. The second-order valence-electron chi connectivity index (χ2n) is 11.4. The van der Waals surface area contributed by atoms with Crippen LogP contribution < -0.4 is 11.1 Å². The average molecular weight is 643 g/mol. The highest BCUT2D eigenvalue weighted by molar-refractivity contribution is 7.15. The van der Waals surface area contributed by atoms with Gasteiger partial charge in [0.15, 0.2) is 5.69 Å². The monoisotopic (exact) mass is 642 g/mol. The fourth-order valence-corrected chi connectivity index (χ4v) is 7.39. The second-order valence-corrected chi connectivity index (χ2v) is 12.4. The van der Waals surface area contributed by atoms with Crippen LogP contribution in [-0.4, -0.2) is 66.3 Å². The number of amides is 3. The summed E-state index contributed by atoms with van der Waals surface area (Å²) in [6, 6.07) is 11.8. The molecule has 11 nitrogen and oxygen atoms in total. The molecule has 3 aromatic heterocycles. The highest BCUT2D eigenvalue weighted by Gasteiger charge is 2.41. The minimum absolute atomic E-state index is 0.0107. The van der Waals surface area contributed by atoms with Crippen molar-refractivity contribution >= 4 is 40.0 Å². The van der Waals surface area contributed by atoms with E-state index < -0.39 is 29.9 Å². The first kappa shape index (κ1) is 29.6. The van der Waals surface area contributed by atoms with E-state index in [4.69, 9.17) is 10.7 Å². The first-order chi connectivity index (χ1) is 22.2. The Hall–Kier alpha value is -5.11. The van der Waals surface area contributed by atoms with Gasteiger partial charge in [-0.15, -0.1) is 11.3 Å². The Morgan fingerprint density at radius 2 is 1.85 bits per heavy atom. The number of aryl methyl sites for hydroxylation is 1. The van der Waals surface area contributed by atoms with E-state index >= 15 is 0 Å². The van der Waals surface area contributed by atoms with E-state index in [1.165, 1.54) is 33.1 Å². The van der Waals surface area contributed by atoms with Crippen LogP contribution in [0.25, 0.3) is 32.6 Å². The Morgan fingerprint density at radius 3 is 2.61 bits per heavy atom. The summed E-state index contributed by atoms with van der Waals surface area (Å²) >= 11 is 1.44. The molecule has 1 saturated heterocycles. The van der Waals surface area contributed by atoms with Crippen molar-refractivity contribution in [1.82, 2.24) is 35.2 Å². The lowest BCUT2D eigenvalue weighted by atomic mass is 9.97. The summed E-state index contributed by atoms with van der Waals surface area (Å²) < 4.78 is 29.6. The molecule has 1 unspecified atom stereocenters. The molecule has 3 atom stereocenters. The van der Waals surface area contributed by atoms with Crippen molar-refractivity contribution < 1.29 is 23.2 Å². The van der Waals surface area contributed by atoms with Gasteiger partial charge in [0.25, 0.3) is 5.91 Å². The molecular weight excluding hydrogens is 614 g/mol. The number of hydrogen-bond acceptors (Lipinski definition) is 8. The van der Waals surface area contributed by atoms with E-state index in [0.29, 0.717) is 17.3 Å². The second kappa shape index (κ2) is 12.0. The first-order valence-corrected chi connectivity index (χ1v) is 15.6. The highest BCUT2D eigenvalue weighted by Crippen LogP contribution is 2.38. The number of carbonyl (C=O) groups excluding carboxylic acids is 3. The Morgan fingerprint density at radius 1 is 1.04 bits per heavy atom. The van der Waals surface area contributed by atoms with Gasteiger partial charge in [-0.25, -0.2) is 13.8 Å². The zero-order chi connectivity index (χ0) is 31.9. The summed E-state index contributed by atoms with van der Waals surface area (Å²) in [7, 11) is 0. The molecule has 3 amide bonds. The van der Waals surface area contributed by atoms with Gasteiger partial charge in [0.05, 0.1) is 41.1 Å². The minimum atomic E-state index is -1.37. The van der Waals surface area contributed by atoms with Crippen molar-refractivity contribution in [1.29, 1.82) is 0 Å². The number of primary amides is 1. The van der Waals surface area contributed by atoms with Gasteiger partial charge in [0.2, 0.25) is 11.8 Å². The molecule has 1 aliphatic heterocycles. The predicted molar refractivity (Wildman–Crippen MR) is 166 cm³/mol. The summed E-state index contributed by atoms with van der Waals surface area (Å²) in [6.45, 7) is -0.553. The van der Waals surface area contributed by atoms with Gasteiger partial charge < -0.3 is 16.0 Å². The van der Waals surface area contributed by atoms with Crippen LogP contribution in [-0.2, 0) is 22.6 Å². The molecule has 0 saturated carbocycles. The number of rotatable bonds is 7. The number of carbonyl (C=O) groups is 3. The molecule has 1 aliphatic carbocycles. The standard InChI is InChI=1S/C32H28F2N8O3S/c33-20-7-4-17(5-8-20)32-39-24-3-1-2-23(29(24)46-32)38-31(45)26-13-21(34)15-41(26)27(43)16-42-25-9-6-18(19-10-11-36-37-14-19)12-22(25)28(40-42)30(35)44/h4-12,14,21,23,26H,1-3,13,15-16H2,(H2,35,44)(H,38,45)/t21-,23?,26+/m1/s1. The van der Waals surface area contributed by atoms with Crippen LogP contribution in [0.2, 0.25) is 0 Å². The van der Waals surface area contributed by atoms with Crippen molar-refractivity contribution in [3.05, 3.63) is 83.0 Å². The lowest BCUT2D eigenvalue weighted by Gasteiger charge is -2.28. The third kappa shape index (κ3) is 5.60. The van der Waals surface area contributed by atoms with E-state index in [9.17, 15) is 23.2 Å². The number of halogens is 2. The SMILES string of the molecule is NC(=O)c1nn(CC(=O)N2C[C@H](F)C[C@H]2C(=O)NC2CCCc3nc(-c4ccc(F)cc4)sc32)c2ccc(-c3ccnnc3)cc12. The quantitative estimate of drug-likeness (QED) is 0.273. The Bertz CT molecular complexity index is 1960. The number of nitrogens with two attached hydrogens (primary N) is 1. The molecule has 234 valence electrons. The molecule has 0 spiro atoms. The first-order valence-electron chi connectivity index (χ1n) is 14.8. The fourth-order valence-electron chi connectivity index (χ4n) is 6.19. The number of thiazole rings is 1. The summed E-state index contributed by atoms with van der Waals surface area (Å²) in [6.07, 6.45) is 3.86. The lowest BCUT2D eigenvalue weighted by molar-refractivity contribution is -0.139. The molecule has 0 bridgehead atoms. The lowest BCUT2D eigenvalue weighted by Crippen LogP contribution is -2.48. The molecule has 2 aromatic carbocycles. The van der Waals surface area contributed by atoms with E-state index in [1.807, 2.05) is 0 Å². The van der Waals surface area contributed by atoms with Gasteiger partial charge in [0.1, 0.15) is 29.6 Å². The number of benzene rings is 2. The normalized spacial score (nSPS) is 19.3. The fraction of sp³-hybridized carbons (Fsp3) is 0.281. The largest absolute Gasteiger partial charge is 0.364 e. The van der Waals surface area contributed by atoms with Gasteiger partial charge in [-0.05, 0) is 67.3 Å². The van der Waals surface area contributed by atoms with E-state index in [2.05, 4.69) is 20.6 Å². The van der Waals surface area contributed by atoms with Crippen LogP contribution in [0, 0.1) is 5.82 Å². The molecule has 4 heterocycles. The number of alkyl halides is 1. The summed E-state index contributed by atoms with van der Waals surface area (Å²) in [5.41, 5.74) is 9.29. The molecule has 46 heavy (non-hydrogen) atoms. The zero-order valence-electron chi connectivity index (χ0n) is 24.4. The number of aromatic nitrogens is 5. The average Bonchev–Trinajstić information content (AvgIpc) is 3.77. The van der Waals surface area contributed by atoms with Gasteiger partial charge >= 0.3 is 0 Å². The van der Waals surface area contributed by atoms with E-state index in [-0.39, 0.29) is 37.1 Å². The predicted octanol–water partition coefficient (Wildman–Crippen LogP) is 3.99. The molecule has 14 heteroatoms. The van der Waals surface area contributed by atoms with Crippen LogP contribution >= 0.6 is 11.3 Å². The maximum atomic E-state index is 14.8. The van der Waals surface area contributed by atoms with Crippen LogP contribution in [0.4, 0.5) is 8.78 Å². The smallest absolute Gasteiger partial charge is 0.269 e. The number of nitrogens with one attached hydrogen (secondary N) is 1. The van der Waals surface area contributed by atoms with Crippen molar-refractivity contribution in [2.24, 2.45) is 5.73 Å². The van der Waals surface area contributed by atoms with Crippen molar-refractivity contribution in [2.45, 2.75) is 50.5 Å². The van der Waals surface area contributed by atoms with Crippen LogP contribution in [0.15, 0.2) is 60.9 Å². The van der Waals surface area contributed by atoms with Crippen molar-refractivity contribution in [3.63, 3.8) is 0 Å². The number of hydrogen-bond donors (Lipinski definition) is 2. The van der Waals surface area contributed by atoms with Gasteiger partial charge in [-0.1, -0.05) is 6.07 Å². The van der Waals surface area contributed by atoms with Crippen molar-refractivity contribution in [2.75, 3.05) is 6.54 Å². The summed E-state index contributed by atoms with van der Waals surface area (Å²) in [5, 5.41) is 16.2. The number of likely N-dealkylation sites (tertiary alicyclic amines) is 1. The third-order valence-electron chi connectivity index (χ3n) is 8.42. The number of fused-ring (bicyclic) bond motifs is 2. The van der Waals surface area contributed by atoms with E-state index in [1.54, 1.807) is 48.8 Å². The maximum absolute atomic E-state index is 14.8.